The van der Waals surface area contributed by atoms with Gasteiger partial charge in [-0.3, -0.25) is 14.6 Å². The van der Waals surface area contributed by atoms with E-state index in [1.54, 1.807) is 11.6 Å². The lowest BCUT2D eigenvalue weighted by Gasteiger charge is -2.08. The van der Waals surface area contributed by atoms with E-state index in [0.29, 0.717) is 29.3 Å². The predicted octanol–water partition coefficient (Wildman–Crippen LogP) is 2.70. The maximum Gasteiger partial charge on any atom is 0.259 e. The van der Waals surface area contributed by atoms with Crippen LogP contribution in [0.5, 0.6) is 0 Å². The molecule has 0 unspecified atom stereocenters. The number of aryl methyl sites for hydroxylation is 2. The maximum atomic E-state index is 14.0. The monoisotopic (exact) mass is 328 g/mol. The van der Waals surface area contributed by atoms with Gasteiger partial charge >= 0.3 is 0 Å². The van der Waals surface area contributed by atoms with Crippen molar-refractivity contribution < 1.29 is 9.18 Å². The normalized spacial score (nSPS) is 10.8. The number of benzene rings is 1. The number of H-pyrrole nitrogens is 1. The van der Waals surface area contributed by atoms with Crippen LogP contribution in [0.25, 0.3) is 11.4 Å². The molecule has 1 aromatic carbocycles. The molecule has 3 aromatic rings. The van der Waals surface area contributed by atoms with Gasteiger partial charge in [-0.2, -0.15) is 10.2 Å². The zero-order chi connectivity index (χ0) is 17.3. The Kier molecular flexibility index (Phi) is 4.11. The molecular weight excluding hydrogens is 311 g/mol. The molecule has 0 atom stereocenters. The number of amides is 1. The number of carbonyl (C=O) groups excluding carboxylic acids is 1. The average molecular weight is 328 g/mol. The molecule has 8 heteroatoms. The van der Waals surface area contributed by atoms with Crippen LogP contribution < -0.4 is 5.32 Å². The van der Waals surface area contributed by atoms with Gasteiger partial charge in [-0.1, -0.05) is 0 Å². The van der Waals surface area contributed by atoms with Crippen molar-refractivity contribution in [3.63, 3.8) is 0 Å². The molecule has 0 fully saturated rings. The summed E-state index contributed by atoms with van der Waals surface area (Å²) in [6.45, 7) is 6.29. The van der Waals surface area contributed by atoms with Crippen molar-refractivity contribution in [1.29, 1.82) is 0 Å². The lowest BCUT2D eigenvalue weighted by atomic mass is 10.1. The zero-order valence-electron chi connectivity index (χ0n) is 13.6. The molecule has 24 heavy (non-hydrogen) atoms. The van der Waals surface area contributed by atoms with Crippen LogP contribution in [0.15, 0.2) is 24.5 Å². The third-order valence-electron chi connectivity index (χ3n) is 3.80. The van der Waals surface area contributed by atoms with Gasteiger partial charge in [0.05, 0.1) is 16.8 Å². The number of aromatic amines is 1. The molecule has 0 aliphatic rings. The Morgan fingerprint density at radius 3 is 2.79 bits per heavy atom. The SMILES string of the molecule is CCn1nc(C)c(C(=O)Nc2ccc(F)c(-c3ncn[nH]3)c2)c1C. The third-order valence-corrected chi connectivity index (χ3v) is 3.80. The van der Waals surface area contributed by atoms with Gasteiger partial charge in [0.1, 0.15) is 12.1 Å². The summed E-state index contributed by atoms with van der Waals surface area (Å²) in [6, 6.07) is 4.30. The molecule has 0 aliphatic heterocycles. The van der Waals surface area contributed by atoms with E-state index in [-0.39, 0.29) is 11.5 Å². The topological polar surface area (TPSA) is 88.5 Å². The van der Waals surface area contributed by atoms with Crippen molar-refractivity contribution in [2.24, 2.45) is 0 Å². The minimum atomic E-state index is -0.448. The lowest BCUT2D eigenvalue weighted by molar-refractivity contribution is 0.102. The first kappa shape index (κ1) is 15.9. The Morgan fingerprint density at radius 1 is 1.38 bits per heavy atom. The maximum absolute atomic E-state index is 14.0. The first-order chi connectivity index (χ1) is 11.5. The number of halogens is 1. The summed E-state index contributed by atoms with van der Waals surface area (Å²) in [5.41, 5.74) is 2.69. The van der Waals surface area contributed by atoms with E-state index in [0.717, 1.165) is 5.69 Å². The second-order valence-corrected chi connectivity index (χ2v) is 5.34. The Balaban J connectivity index is 1.91. The van der Waals surface area contributed by atoms with E-state index in [9.17, 15) is 9.18 Å². The van der Waals surface area contributed by atoms with Crippen molar-refractivity contribution in [2.75, 3.05) is 5.32 Å². The highest BCUT2D eigenvalue weighted by Crippen LogP contribution is 2.24. The highest BCUT2D eigenvalue weighted by Gasteiger charge is 2.19. The molecule has 124 valence electrons. The number of nitrogens with one attached hydrogen (secondary N) is 2. The summed E-state index contributed by atoms with van der Waals surface area (Å²) in [5, 5.41) is 13.4. The fourth-order valence-electron chi connectivity index (χ4n) is 2.65. The Morgan fingerprint density at radius 2 is 2.17 bits per heavy atom. The van der Waals surface area contributed by atoms with Crippen molar-refractivity contribution in [3.8, 4) is 11.4 Å². The number of rotatable bonds is 4. The van der Waals surface area contributed by atoms with Gasteiger partial charge in [0.25, 0.3) is 5.91 Å². The third kappa shape index (κ3) is 2.78. The highest BCUT2D eigenvalue weighted by molar-refractivity contribution is 6.06. The van der Waals surface area contributed by atoms with Crippen molar-refractivity contribution in [2.45, 2.75) is 27.3 Å². The fraction of sp³-hybridized carbons (Fsp3) is 0.250. The summed E-state index contributed by atoms with van der Waals surface area (Å²) in [6.07, 6.45) is 1.30. The number of hydrogen-bond acceptors (Lipinski definition) is 4. The molecular formula is C16H17FN6O. The van der Waals surface area contributed by atoms with Crippen LogP contribution in [0.2, 0.25) is 0 Å². The zero-order valence-corrected chi connectivity index (χ0v) is 13.6. The van der Waals surface area contributed by atoms with Gasteiger partial charge < -0.3 is 5.32 Å². The molecule has 7 nitrogen and oxygen atoms in total. The quantitative estimate of drug-likeness (QED) is 0.771. The van der Waals surface area contributed by atoms with Crippen molar-refractivity contribution in [3.05, 3.63) is 47.3 Å². The molecule has 0 saturated heterocycles. The number of carbonyl (C=O) groups is 1. The van der Waals surface area contributed by atoms with Crippen LogP contribution in [0.1, 0.15) is 28.7 Å². The standard InChI is InChI=1S/C16H17FN6O/c1-4-23-10(3)14(9(2)22-23)16(24)20-11-5-6-13(17)12(7-11)15-18-8-19-21-15/h5-8H,4H2,1-3H3,(H,20,24)(H,18,19,21). The van der Waals surface area contributed by atoms with Crippen LogP contribution >= 0.6 is 0 Å². The Bertz CT molecular complexity index is 884. The van der Waals surface area contributed by atoms with E-state index in [4.69, 9.17) is 0 Å². The number of hydrogen-bond donors (Lipinski definition) is 2. The van der Waals surface area contributed by atoms with Crippen LogP contribution in [0.3, 0.4) is 0 Å². The molecule has 1 amide bonds. The number of anilines is 1. The smallest absolute Gasteiger partial charge is 0.259 e. The lowest BCUT2D eigenvalue weighted by Crippen LogP contribution is -2.14. The van der Waals surface area contributed by atoms with Gasteiger partial charge in [-0.15, -0.1) is 0 Å². The summed E-state index contributed by atoms with van der Waals surface area (Å²) >= 11 is 0. The van der Waals surface area contributed by atoms with Gasteiger partial charge in [-0.05, 0) is 39.0 Å². The molecule has 2 N–H and O–H groups in total. The fourth-order valence-corrected chi connectivity index (χ4v) is 2.65. The molecule has 0 bridgehead atoms. The summed E-state index contributed by atoms with van der Waals surface area (Å²) in [7, 11) is 0. The number of aromatic nitrogens is 5. The largest absolute Gasteiger partial charge is 0.322 e. The van der Waals surface area contributed by atoms with Gasteiger partial charge in [0.2, 0.25) is 0 Å². The predicted molar refractivity (Wildman–Crippen MR) is 87.1 cm³/mol. The van der Waals surface area contributed by atoms with Crippen molar-refractivity contribution >= 4 is 11.6 Å². The molecule has 3 rings (SSSR count). The van der Waals surface area contributed by atoms with Crippen LogP contribution in [-0.4, -0.2) is 30.9 Å². The van der Waals surface area contributed by atoms with Gasteiger partial charge in [0.15, 0.2) is 5.82 Å². The average Bonchev–Trinajstić information content (AvgIpc) is 3.17. The minimum absolute atomic E-state index is 0.239. The van der Waals surface area contributed by atoms with Gasteiger partial charge in [0, 0.05) is 17.9 Å². The second kappa shape index (κ2) is 6.23. The van der Waals surface area contributed by atoms with Gasteiger partial charge in [-0.25, -0.2) is 9.37 Å². The molecule has 0 spiro atoms. The Labute approximate surface area is 137 Å². The minimum Gasteiger partial charge on any atom is -0.322 e. The van der Waals surface area contributed by atoms with Crippen LogP contribution in [0.4, 0.5) is 10.1 Å². The van der Waals surface area contributed by atoms with Crippen LogP contribution in [0, 0.1) is 19.7 Å². The molecule has 2 aromatic heterocycles. The second-order valence-electron chi connectivity index (χ2n) is 5.34. The first-order valence-corrected chi connectivity index (χ1v) is 7.52. The molecule has 2 heterocycles. The van der Waals surface area contributed by atoms with E-state index in [1.165, 1.54) is 24.5 Å². The number of nitrogens with zero attached hydrogens (tertiary/aromatic N) is 4. The van der Waals surface area contributed by atoms with E-state index >= 15 is 0 Å². The van der Waals surface area contributed by atoms with Crippen molar-refractivity contribution in [1.82, 2.24) is 25.0 Å². The summed E-state index contributed by atoms with van der Waals surface area (Å²) in [5.74, 6) is -0.425. The highest BCUT2D eigenvalue weighted by atomic mass is 19.1. The van der Waals surface area contributed by atoms with E-state index in [2.05, 4.69) is 25.6 Å². The summed E-state index contributed by atoms with van der Waals surface area (Å²) in [4.78, 5) is 16.5. The summed E-state index contributed by atoms with van der Waals surface area (Å²) < 4.78 is 15.7. The van der Waals surface area contributed by atoms with E-state index < -0.39 is 5.82 Å². The first-order valence-electron chi connectivity index (χ1n) is 7.52. The molecule has 0 radical (unpaired) electrons. The molecule has 0 saturated carbocycles. The molecule has 0 aliphatic carbocycles. The van der Waals surface area contributed by atoms with Crippen LogP contribution in [-0.2, 0) is 6.54 Å². The van der Waals surface area contributed by atoms with E-state index in [1.807, 2.05) is 13.8 Å². The Hall–Kier alpha value is -3.03.